The van der Waals surface area contributed by atoms with Crippen LogP contribution in [0.5, 0.6) is 5.75 Å². The highest BCUT2D eigenvalue weighted by Gasteiger charge is 2.16. The molecule has 5 heteroatoms. The molecule has 0 saturated carbocycles. The second kappa shape index (κ2) is 6.91. The average molecular weight is 328 g/mol. The van der Waals surface area contributed by atoms with Crippen molar-refractivity contribution in [2.45, 2.75) is 25.9 Å². The van der Waals surface area contributed by atoms with Crippen molar-refractivity contribution < 1.29 is 14.3 Å². The van der Waals surface area contributed by atoms with Crippen LogP contribution in [0.25, 0.3) is 0 Å². The molecule has 0 aliphatic carbocycles. The summed E-state index contributed by atoms with van der Waals surface area (Å²) < 4.78 is 11.9. The van der Waals surface area contributed by atoms with E-state index < -0.39 is 0 Å². The van der Waals surface area contributed by atoms with Crippen molar-refractivity contribution in [2.75, 3.05) is 19.8 Å². The van der Waals surface area contributed by atoms with E-state index in [-0.39, 0.29) is 18.6 Å². The molecule has 1 heterocycles. The van der Waals surface area contributed by atoms with E-state index >= 15 is 0 Å². The van der Waals surface area contributed by atoms with Crippen molar-refractivity contribution in [3.8, 4) is 5.75 Å². The van der Waals surface area contributed by atoms with Crippen LogP contribution in [0, 0.1) is 6.92 Å². The molecule has 104 valence electrons. The summed E-state index contributed by atoms with van der Waals surface area (Å²) in [4.78, 5) is 11.6. The lowest BCUT2D eigenvalue weighted by molar-refractivity contribution is -0.123. The van der Waals surface area contributed by atoms with Gasteiger partial charge in [-0.3, -0.25) is 4.79 Å². The van der Waals surface area contributed by atoms with Crippen LogP contribution < -0.4 is 10.1 Å². The SMILES string of the molecule is Cc1cc(OCC(=O)NC[C@H]2CCCO2)ccc1Br. The van der Waals surface area contributed by atoms with Crippen LogP contribution in [0.1, 0.15) is 18.4 Å². The van der Waals surface area contributed by atoms with Crippen molar-refractivity contribution in [1.82, 2.24) is 5.32 Å². The average Bonchev–Trinajstić information content (AvgIpc) is 2.91. The molecule has 0 spiro atoms. The van der Waals surface area contributed by atoms with E-state index in [0.29, 0.717) is 12.3 Å². The second-order valence-electron chi connectivity index (χ2n) is 4.64. The van der Waals surface area contributed by atoms with Gasteiger partial charge < -0.3 is 14.8 Å². The smallest absolute Gasteiger partial charge is 0.258 e. The molecular formula is C14H18BrNO3. The zero-order chi connectivity index (χ0) is 13.7. The maximum absolute atomic E-state index is 11.6. The molecule has 0 unspecified atom stereocenters. The monoisotopic (exact) mass is 327 g/mol. The summed E-state index contributed by atoms with van der Waals surface area (Å²) in [5.74, 6) is 0.587. The summed E-state index contributed by atoms with van der Waals surface area (Å²) in [6.07, 6.45) is 2.27. The summed E-state index contributed by atoms with van der Waals surface area (Å²) in [6, 6.07) is 5.65. The van der Waals surface area contributed by atoms with Crippen molar-refractivity contribution in [2.24, 2.45) is 0 Å². The van der Waals surface area contributed by atoms with Gasteiger partial charge in [0, 0.05) is 17.6 Å². The number of nitrogens with one attached hydrogen (secondary N) is 1. The highest BCUT2D eigenvalue weighted by atomic mass is 79.9. The number of amides is 1. The topological polar surface area (TPSA) is 47.6 Å². The van der Waals surface area contributed by atoms with Gasteiger partial charge in [0.15, 0.2) is 6.61 Å². The maximum Gasteiger partial charge on any atom is 0.258 e. The number of rotatable bonds is 5. The summed E-state index contributed by atoms with van der Waals surface area (Å²) in [5, 5.41) is 2.82. The molecule has 1 aromatic carbocycles. The minimum atomic E-state index is -0.115. The van der Waals surface area contributed by atoms with Crippen LogP contribution in [0.4, 0.5) is 0 Å². The van der Waals surface area contributed by atoms with Gasteiger partial charge in [0.1, 0.15) is 5.75 Å². The molecule has 0 aromatic heterocycles. The number of carbonyl (C=O) groups is 1. The first kappa shape index (κ1) is 14.3. The molecule has 1 aromatic rings. The van der Waals surface area contributed by atoms with E-state index in [9.17, 15) is 4.79 Å². The molecule has 19 heavy (non-hydrogen) atoms. The van der Waals surface area contributed by atoms with Crippen LogP contribution in [0.2, 0.25) is 0 Å². The largest absolute Gasteiger partial charge is 0.484 e. The van der Waals surface area contributed by atoms with E-state index in [1.807, 2.05) is 25.1 Å². The Labute approximate surface area is 121 Å². The third-order valence-corrected chi connectivity index (χ3v) is 3.94. The molecule has 1 saturated heterocycles. The highest BCUT2D eigenvalue weighted by molar-refractivity contribution is 9.10. The fraction of sp³-hybridized carbons (Fsp3) is 0.500. The van der Waals surface area contributed by atoms with Crippen LogP contribution >= 0.6 is 15.9 Å². The minimum Gasteiger partial charge on any atom is -0.484 e. The first-order valence-electron chi connectivity index (χ1n) is 6.42. The fourth-order valence-electron chi connectivity index (χ4n) is 1.94. The summed E-state index contributed by atoms with van der Waals surface area (Å²) in [5.41, 5.74) is 1.08. The van der Waals surface area contributed by atoms with Crippen molar-refractivity contribution in [3.05, 3.63) is 28.2 Å². The van der Waals surface area contributed by atoms with Crippen molar-refractivity contribution >= 4 is 21.8 Å². The number of aryl methyl sites for hydroxylation is 1. The number of halogens is 1. The van der Waals surface area contributed by atoms with Crippen LogP contribution in [-0.2, 0) is 9.53 Å². The van der Waals surface area contributed by atoms with Gasteiger partial charge in [0.05, 0.1) is 6.10 Å². The Morgan fingerprint density at radius 2 is 2.42 bits per heavy atom. The Kier molecular flexibility index (Phi) is 5.22. The lowest BCUT2D eigenvalue weighted by Gasteiger charge is -2.11. The molecule has 1 aliphatic rings. The van der Waals surface area contributed by atoms with E-state index in [4.69, 9.17) is 9.47 Å². The second-order valence-corrected chi connectivity index (χ2v) is 5.49. The van der Waals surface area contributed by atoms with Gasteiger partial charge in [-0.1, -0.05) is 15.9 Å². The summed E-state index contributed by atoms with van der Waals surface area (Å²) in [7, 11) is 0. The standard InChI is InChI=1S/C14H18BrNO3/c1-10-7-11(4-5-13(10)15)19-9-14(17)16-8-12-3-2-6-18-12/h4-5,7,12H,2-3,6,8-9H2,1H3,(H,16,17)/t12-/m1/s1. The predicted octanol–water partition coefficient (Wildman–Crippen LogP) is 2.43. The van der Waals surface area contributed by atoms with Crippen LogP contribution in [0.3, 0.4) is 0 Å². The van der Waals surface area contributed by atoms with Gasteiger partial charge in [-0.05, 0) is 43.5 Å². The van der Waals surface area contributed by atoms with Gasteiger partial charge in [0.2, 0.25) is 0 Å². The first-order chi connectivity index (χ1) is 9.15. The Bertz CT molecular complexity index is 444. The molecule has 1 aliphatic heterocycles. The van der Waals surface area contributed by atoms with E-state index in [2.05, 4.69) is 21.2 Å². The van der Waals surface area contributed by atoms with Crippen LogP contribution in [-0.4, -0.2) is 31.8 Å². The zero-order valence-electron chi connectivity index (χ0n) is 10.9. The number of benzene rings is 1. The van der Waals surface area contributed by atoms with Crippen molar-refractivity contribution in [3.63, 3.8) is 0 Å². The Balaban J connectivity index is 1.71. The van der Waals surface area contributed by atoms with Crippen LogP contribution in [0.15, 0.2) is 22.7 Å². The molecule has 1 fully saturated rings. The minimum absolute atomic E-state index is 0.0355. The van der Waals surface area contributed by atoms with Gasteiger partial charge in [-0.25, -0.2) is 0 Å². The molecule has 1 atom stereocenters. The van der Waals surface area contributed by atoms with E-state index in [1.165, 1.54) is 0 Å². The lowest BCUT2D eigenvalue weighted by atomic mass is 10.2. The molecule has 4 nitrogen and oxygen atoms in total. The normalized spacial score (nSPS) is 18.3. The first-order valence-corrected chi connectivity index (χ1v) is 7.21. The number of ether oxygens (including phenoxy) is 2. The summed E-state index contributed by atoms with van der Waals surface area (Å²) >= 11 is 3.42. The summed E-state index contributed by atoms with van der Waals surface area (Å²) in [6.45, 7) is 3.39. The molecular weight excluding hydrogens is 310 g/mol. The quantitative estimate of drug-likeness (QED) is 0.903. The predicted molar refractivity (Wildman–Crippen MR) is 76.4 cm³/mol. The zero-order valence-corrected chi connectivity index (χ0v) is 12.5. The Morgan fingerprint density at radius 3 is 3.11 bits per heavy atom. The van der Waals surface area contributed by atoms with Gasteiger partial charge >= 0.3 is 0 Å². The molecule has 2 rings (SSSR count). The number of hydrogen-bond donors (Lipinski definition) is 1. The van der Waals surface area contributed by atoms with Gasteiger partial charge in [-0.2, -0.15) is 0 Å². The third-order valence-electron chi connectivity index (χ3n) is 3.05. The molecule has 1 amide bonds. The maximum atomic E-state index is 11.6. The Hall–Kier alpha value is -1.07. The Morgan fingerprint density at radius 1 is 1.58 bits per heavy atom. The van der Waals surface area contributed by atoms with E-state index in [1.54, 1.807) is 0 Å². The van der Waals surface area contributed by atoms with Gasteiger partial charge in [-0.15, -0.1) is 0 Å². The number of carbonyl (C=O) groups excluding carboxylic acids is 1. The molecule has 0 bridgehead atoms. The molecule has 1 N–H and O–H groups in total. The lowest BCUT2D eigenvalue weighted by Crippen LogP contribution is -2.35. The van der Waals surface area contributed by atoms with Crippen molar-refractivity contribution in [1.29, 1.82) is 0 Å². The van der Waals surface area contributed by atoms with E-state index in [0.717, 1.165) is 29.5 Å². The molecule has 0 radical (unpaired) electrons. The number of hydrogen-bond acceptors (Lipinski definition) is 3. The fourth-order valence-corrected chi connectivity index (χ4v) is 2.19. The third kappa shape index (κ3) is 4.51. The van der Waals surface area contributed by atoms with Gasteiger partial charge in [0.25, 0.3) is 5.91 Å². The highest BCUT2D eigenvalue weighted by Crippen LogP contribution is 2.21.